The quantitative estimate of drug-likeness (QED) is 0.259. The van der Waals surface area contributed by atoms with Crippen LogP contribution in [0.3, 0.4) is 0 Å². The molecule has 0 saturated heterocycles. The average molecular weight is 537 g/mol. The van der Waals surface area contributed by atoms with Gasteiger partial charge in [0, 0.05) is 49.7 Å². The van der Waals surface area contributed by atoms with Crippen LogP contribution in [0.5, 0.6) is 0 Å². The molecule has 0 atom stereocenters. The lowest BCUT2D eigenvalue weighted by Crippen LogP contribution is -2.21. The second-order valence-electron chi connectivity index (χ2n) is 11.2. The highest BCUT2D eigenvalue weighted by Gasteiger charge is 2.29. The molecule has 0 saturated carbocycles. The van der Waals surface area contributed by atoms with Crippen molar-refractivity contribution in [3.05, 3.63) is 109 Å². The van der Waals surface area contributed by atoms with E-state index in [9.17, 15) is 0 Å². The molecule has 8 rings (SSSR count). The molecule has 0 N–H and O–H groups in total. The first-order chi connectivity index (χ1) is 19.9. The molecule has 0 amide bonds. The maximum atomic E-state index is 5.01. The third kappa shape index (κ3) is 3.40. The van der Waals surface area contributed by atoms with Crippen molar-refractivity contribution in [1.29, 1.82) is 0 Å². The summed E-state index contributed by atoms with van der Waals surface area (Å²) in [5.74, 6) is 0. The van der Waals surface area contributed by atoms with Crippen molar-refractivity contribution in [2.75, 3.05) is 0 Å². The number of nitrogens with zero attached hydrogens (tertiary/aromatic N) is 8. The maximum absolute atomic E-state index is 5.01. The monoisotopic (exact) mass is 536 g/mol. The van der Waals surface area contributed by atoms with Crippen LogP contribution in [-0.4, -0.2) is 38.7 Å². The molecule has 0 aliphatic rings. The molecule has 8 nitrogen and oxygen atoms in total. The van der Waals surface area contributed by atoms with E-state index in [0.717, 1.165) is 66.6 Å². The van der Waals surface area contributed by atoms with Crippen molar-refractivity contribution in [1.82, 2.24) is 38.7 Å². The molecular weight excluding hydrogens is 508 g/mol. The topological polar surface area (TPSA) is 71.3 Å². The lowest BCUT2D eigenvalue weighted by atomic mass is 9.86. The largest absolute Gasteiger partial charge is 0.342 e. The Hall–Kier alpha value is -5.24. The second kappa shape index (κ2) is 8.38. The summed E-state index contributed by atoms with van der Waals surface area (Å²) in [6, 6.07) is 25.2. The zero-order chi connectivity index (χ0) is 27.9. The highest BCUT2D eigenvalue weighted by molar-refractivity contribution is 6.07. The van der Waals surface area contributed by atoms with Gasteiger partial charge in [0.25, 0.3) is 0 Å². The molecule has 0 bridgehead atoms. The van der Waals surface area contributed by atoms with Crippen LogP contribution >= 0.6 is 0 Å². The smallest absolute Gasteiger partial charge is 0.0960 e. The fraction of sp³-hybridized carbons (Fsp3) is 0.152. The first kappa shape index (κ1) is 23.6. The summed E-state index contributed by atoms with van der Waals surface area (Å²) in [7, 11) is 4.16. The number of rotatable bonds is 4. The Labute approximate surface area is 236 Å². The Balaban J connectivity index is 1.14. The third-order valence-corrected chi connectivity index (χ3v) is 8.48. The van der Waals surface area contributed by atoms with Crippen LogP contribution in [0.15, 0.2) is 97.6 Å². The fourth-order valence-corrected chi connectivity index (χ4v) is 6.04. The van der Waals surface area contributed by atoms with Crippen LogP contribution in [0.4, 0.5) is 0 Å². The van der Waals surface area contributed by atoms with E-state index in [0.29, 0.717) is 0 Å². The summed E-state index contributed by atoms with van der Waals surface area (Å²) in [6.07, 6.45) is 7.74. The van der Waals surface area contributed by atoms with Crippen LogP contribution in [0.1, 0.15) is 25.2 Å². The summed E-state index contributed by atoms with van der Waals surface area (Å²) in [5, 5.41) is 12.3. The summed E-state index contributed by atoms with van der Waals surface area (Å²) >= 11 is 0. The van der Waals surface area contributed by atoms with E-state index in [1.807, 2.05) is 46.3 Å². The molecule has 200 valence electrons. The van der Waals surface area contributed by atoms with E-state index in [1.165, 1.54) is 0 Å². The van der Waals surface area contributed by atoms with Crippen molar-refractivity contribution in [3.8, 4) is 11.4 Å². The van der Waals surface area contributed by atoms with Gasteiger partial charge in [-0.3, -0.25) is 9.97 Å². The predicted molar refractivity (Wildman–Crippen MR) is 163 cm³/mol. The Kier molecular flexibility index (Phi) is 4.83. The summed E-state index contributed by atoms with van der Waals surface area (Å²) < 4.78 is 8.25. The molecule has 0 unspecified atom stereocenters. The fourth-order valence-electron chi connectivity index (χ4n) is 6.04. The van der Waals surface area contributed by atoms with Crippen LogP contribution in [0, 0.1) is 0 Å². The zero-order valence-corrected chi connectivity index (χ0v) is 23.3. The minimum Gasteiger partial charge on any atom is -0.342 e. The van der Waals surface area contributed by atoms with Crippen LogP contribution in [-0.2, 0) is 19.5 Å². The van der Waals surface area contributed by atoms with E-state index in [2.05, 4.69) is 108 Å². The van der Waals surface area contributed by atoms with Gasteiger partial charge in [0.15, 0.2) is 0 Å². The molecule has 6 aromatic heterocycles. The molecule has 6 heterocycles. The molecule has 41 heavy (non-hydrogen) atoms. The number of hydrogen-bond acceptors (Lipinski definition) is 4. The van der Waals surface area contributed by atoms with Gasteiger partial charge < -0.3 is 9.13 Å². The summed E-state index contributed by atoms with van der Waals surface area (Å²) in [6.45, 7) is 4.34. The zero-order valence-electron chi connectivity index (χ0n) is 23.3. The Morgan fingerprint density at radius 2 is 1.02 bits per heavy atom. The summed E-state index contributed by atoms with van der Waals surface area (Å²) in [5.41, 5.74) is 10.1. The second-order valence-corrected chi connectivity index (χ2v) is 11.2. The molecule has 0 aliphatic heterocycles. The highest BCUT2D eigenvalue weighted by Crippen LogP contribution is 2.33. The van der Waals surface area contributed by atoms with E-state index >= 15 is 0 Å². The lowest BCUT2D eigenvalue weighted by molar-refractivity contribution is 0.576. The Bertz CT molecular complexity index is 2110. The van der Waals surface area contributed by atoms with Crippen LogP contribution in [0.25, 0.3) is 55.2 Å². The van der Waals surface area contributed by atoms with Crippen molar-refractivity contribution in [3.63, 3.8) is 0 Å². The number of benzene rings is 2. The summed E-state index contributed by atoms with van der Waals surface area (Å²) in [4.78, 5) is 9.29. The van der Waals surface area contributed by atoms with E-state index in [1.54, 1.807) is 0 Å². The van der Waals surface area contributed by atoms with Crippen LogP contribution < -0.4 is 0 Å². The minimum atomic E-state index is -0.396. The van der Waals surface area contributed by atoms with Crippen molar-refractivity contribution < 1.29 is 0 Å². The van der Waals surface area contributed by atoms with E-state index < -0.39 is 5.41 Å². The molecule has 2 aromatic carbocycles. The number of hydrogen-bond donors (Lipinski definition) is 0. The SMILES string of the molecule is Cn1c2ccc(-n3ccc(C(C)(C)c4ccn(-c5ccc6c(c5)c5ncccc5n6C)n4)n3)cc2c2ncccc21. The molecule has 0 fully saturated rings. The van der Waals surface area contributed by atoms with Crippen LogP contribution in [0.2, 0.25) is 0 Å². The molecular formula is C33H28N8. The van der Waals surface area contributed by atoms with E-state index in [-0.39, 0.29) is 0 Å². The maximum Gasteiger partial charge on any atom is 0.0960 e. The van der Waals surface area contributed by atoms with Gasteiger partial charge in [-0.1, -0.05) is 0 Å². The number of fused-ring (bicyclic) bond motifs is 6. The lowest BCUT2D eigenvalue weighted by Gasteiger charge is -2.19. The number of aryl methyl sites for hydroxylation is 2. The van der Waals surface area contributed by atoms with Crippen molar-refractivity contribution in [2.45, 2.75) is 19.3 Å². The van der Waals surface area contributed by atoms with Gasteiger partial charge in [-0.25, -0.2) is 9.36 Å². The highest BCUT2D eigenvalue weighted by atomic mass is 15.3. The van der Waals surface area contributed by atoms with Gasteiger partial charge in [-0.15, -0.1) is 0 Å². The molecule has 8 heteroatoms. The molecule has 0 spiro atoms. The molecule has 0 radical (unpaired) electrons. The molecule has 0 aliphatic carbocycles. The van der Waals surface area contributed by atoms with Gasteiger partial charge in [0.1, 0.15) is 0 Å². The van der Waals surface area contributed by atoms with Gasteiger partial charge in [0.05, 0.1) is 61.3 Å². The van der Waals surface area contributed by atoms with E-state index in [4.69, 9.17) is 10.2 Å². The molecule has 8 aromatic rings. The predicted octanol–water partition coefficient (Wildman–Crippen LogP) is 6.46. The normalized spacial score (nSPS) is 12.4. The Morgan fingerprint density at radius 1 is 0.561 bits per heavy atom. The van der Waals surface area contributed by atoms with Gasteiger partial charge in [0.2, 0.25) is 0 Å². The number of aromatic nitrogens is 8. The van der Waals surface area contributed by atoms with Crippen molar-refractivity contribution >= 4 is 43.9 Å². The average Bonchev–Trinajstić information content (AvgIpc) is 3.80. The van der Waals surface area contributed by atoms with Gasteiger partial charge in [-0.05, 0) is 86.6 Å². The van der Waals surface area contributed by atoms with Gasteiger partial charge >= 0.3 is 0 Å². The van der Waals surface area contributed by atoms with Crippen molar-refractivity contribution in [2.24, 2.45) is 14.1 Å². The first-order valence-electron chi connectivity index (χ1n) is 13.7. The minimum absolute atomic E-state index is 0.396. The number of pyridine rings is 2. The first-order valence-corrected chi connectivity index (χ1v) is 13.7. The third-order valence-electron chi connectivity index (χ3n) is 8.48. The van der Waals surface area contributed by atoms with Gasteiger partial charge in [-0.2, -0.15) is 10.2 Å². The standard InChI is InChI=1S/C33H28N8/c1-33(2,29-13-17-40(36-29)21-9-11-25-23(19-21)31-27(38(25)3)7-5-15-34-31)30-14-18-41(37-30)22-10-12-26-24(20-22)32-28(39(26)4)8-6-16-35-32/h5-20H,1-4H3. The Morgan fingerprint density at radius 3 is 1.49 bits per heavy atom.